The number of carbonyl (C=O) groups is 2. The lowest BCUT2D eigenvalue weighted by Gasteiger charge is -2.30. The van der Waals surface area contributed by atoms with E-state index in [1.165, 1.54) is 11.8 Å². The summed E-state index contributed by atoms with van der Waals surface area (Å²) in [5.74, 6) is 0.0428. The number of methoxy groups -OCH3 is 1. The van der Waals surface area contributed by atoms with Gasteiger partial charge in [0.05, 0.1) is 17.7 Å². The zero-order valence-electron chi connectivity index (χ0n) is 14.1. The average Bonchev–Trinajstić information content (AvgIpc) is 2.68. The van der Waals surface area contributed by atoms with E-state index >= 15 is 0 Å². The fourth-order valence-corrected chi connectivity index (χ4v) is 3.66. The average molecular weight is 370 g/mol. The quantitative estimate of drug-likeness (QED) is 0.480. The van der Waals surface area contributed by atoms with Gasteiger partial charge >= 0.3 is 0 Å². The smallest absolute Gasteiger partial charge is 0.265 e. The number of amides is 2. The van der Waals surface area contributed by atoms with Crippen LogP contribution in [0.15, 0.2) is 58.3 Å². The standard InChI is InChI=1S/C19H18N2O4S/c1-25-14-8-6-13(7-9-14)12-17-19(23)21(11-10-18(22)20-24)15-4-2-3-5-16(15)26-17/h2-9,12,24H,10-11H2,1H3,(H,20,22)/b17-12-. The molecule has 0 radical (unpaired) electrons. The highest BCUT2D eigenvalue weighted by Gasteiger charge is 2.29. The normalized spacial score (nSPS) is 14.9. The van der Waals surface area contributed by atoms with Gasteiger partial charge in [0, 0.05) is 17.9 Å². The number of rotatable bonds is 5. The summed E-state index contributed by atoms with van der Waals surface area (Å²) in [7, 11) is 1.60. The lowest BCUT2D eigenvalue weighted by molar-refractivity contribution is -0.129. The molecule has 2 N–H and O–H groups in total. The Labute approximate surface area is 155 Å². The van der Waals surface area contributed by atoms with Crippen molar-refractivity contribution >= 4 is 35.3 Å². The zero-order valence-corrected chi connectivity index (χ0v) is 15.0. The molecule has 6 nitrogen and oxygen atoms in total. The van der Waals surface area contributed by atoms with Gasteiger partial charge in [0.15, 0.2) is 0 Å². The number of anilines is 1. The summed E-state index contributed by atoms with van der Waals surface area (Å²) in [5, 5.41) is 8.69. The maximum atomic E-state index is 12.9. The van der Waals surface area contributed by atoms with Crippen LogP contribution in [0, 0.1) is 0 Å². The van der Waals surface area contributed by atoms with Gasteiger partial charge in [-0.25, -0.2) is 5.48 Å². The summed E-state index contributed by atoms with van der Waals surface area (Å²) in [6.45, 7) is 0.183. The second-order valence-corrected chi connectivity index (χ2v) is 6.68. The molecule has 1 aliphatic rings. The van der Waals surface area contributed by atoms with Crippen molar-refractivity contribution in [3.63, 3.8) is 0 Å². The number of carbonyl (C=O) groups excluding carboxylic acids is 2. The van der Waals surface area contributed by atoms with Crippen LogP contribution in [0.5, 0.6) is 5.75 Å². The van der Waals surface area contributed by atoms with Gasteiger partial charge in [-0.15, -0.1) is 0 Å². The minimum atomic E-state index is -0.533. The summed E-state index contributed by atoms with van der Waals surface area (Å²) in [5.41, 5.74) is 3.24. The van der Waals surface area contributed by atoms with E-state index in [4.69, 9.17) is 9.94 Å². The maximum absolute atomic E-state index is 12.9. The second-order valence-electron chi connectivity index (χ2n) is 5.59. The summed E-state index contributed by atoms with van der Waals surface area (Å²) in [6.07, 6.45) is 1.83. The van der Waals surface area contributed by atoms with Crippen LogP contribution in [0.1, 0.15) is 12.0 Å². The Balaban J connectivity index is 1.91. The number of nitrogens with one attached hydrogen (secondary N) is 1. The van der Waals surface area contributed by atoms with Gasteiger partial charge in [-0.1, -0.05) is 36.0 Å². The van der Waals surface area contributed by atoms with Crippen molar-refractivity contribution in [3.8, 4) is 5.75 Å². The van der Waals surface area contributed by atoms with Crippen LogP contribution in [0.25, 0.3) is 6.08 Å². The minimum Gasteiger partial charge on any atom is -0.497 e. The molecule has 0 spiro atoms. The van der Waals surface area contributed by atoms with Gasteiger partial charge in [-0.05, 0) is 35.9 Å². The lowest BCUT2D eigenvalue weighted by Crippen LogP contribution is -2.37. The third kappa shape index (κ3) is 3.89. The van der Waals surface area contributed by atoms with Crippen molar-refractivity contribution in [2.45, 2.75) is 11.3 Å². The maximum Gasteiger partial charge on any atom is 0.265 e. The number of nitrogens with zero attached hydrogens (tertiary/aromatic N) is 1. The van der Waals surface area contributed by atoms with Gasteiger partial charge in [-0.3, -0.25) is 14.8 Å². The number of fused-ring (bicyclic) bond motifs is 1. The Kier molecular flexibility index (Phi) is 5.60. The molecule has 2 aromatic rings. The predicted octanol–water partition coefficient (Wildman–Crippen LogP) is 3.07. The van der Waals surface area contributed by atoms with Crippen molar-refractivity contribution in [2.75, 3.05) is 18.6 Å². The van der Waals surface area contributed by atoms with E-state index in [-0.39, 0.29) is 18.9 Å². The Morgan fingerprint density at radius 2 is 1.96 bits per heavy atom. The Bertz CT molecular complexity index is 849. The number of para-hydroxylation sites is 1. The predicted molar refractivity (Wildman–Crippen MR) is 100 cm³/mol. The molecule has 0 unspecified atom stereocenters. The molecule has 1 heterocycles. The minimum absolute atomic E-state index is 0.0110. The molecule has 26 heavy (non-hydrogen) atoms. The van der Waals surface area contributed by atoms with E-state index in [1.807, 2.05) is 54.6 Å². The number of hydroxylamine groups is 1. The van der Waals surface area contributed by atoms with E-state index in [9.17, 15) is 9.59 Å². The molecule has 0 saturated heterocycles. The second kappa shape index (κ2) is 8.07. The van der Waals surface area contributed by atoms with Crippen LogP contribution in [-0.2, 0) is 9.59 Å². The molecular weight excluding hydrogens is 352 g/mol. The van der Waals surface area contributed by atoms with E-state index in [2.05, 4.69) is 0 Å². The Morgan fingerprint density at radius 3 is 2.65 bits per heavy atom. The molecular formula is C19H18N2O4S. The molecule has 3 rings (SSSR count). The summed E-state index contributed by atoms with van der Waals surface area (Å²) >= 11 is 1.40. The highest BCUT2D eigenvalue weighted by molar-refractivity contribution is 8.04. The number of benzene rings is 2. The van der Waals surface area contributed by atoms with Crippen molar-refractivity contribution in [3.05, 3.63) is 59.0 Å². The van der Waals surface area contributed by atoms with Gasteiger partial charge in [0.1, 0.15) is 5.75 Å². The van der Waals surface area contributed by atoms with Crippen molar-refractivity contribution in [1.82, 2.24) is 5.48 Å². The van der Waals surface area contributed by atoms with Gasteiger partial charge in [0.2, 0.25) is 5.91 Å². The molecule has 7 heteroatoms. The van der Waals surface area contributed by atoms with E-state index in [1.54, 1.807) is 17.5 Å². The zero-order chi connectivity index (χ0) is 18.5. The molecule has 0 aromatic heterocycles. The molecule has 0 fully saturated rings. The molecule has 134 valence electrons. The van der Waals surface area contributed by atoms with Crippen molar-refractivity contribution in [1.29, 1.82) is 0 Å². The van der Waals surface area contributed by atoms with E-state index in [0.717, 1.165) is 21.9 Å². The van der Waals surface area contributed by atoms with Crippen LogP contribution in [0.4, 0.5) is 5.69 Å². The van der Waals surface area contributed by atoms with Crippen LogP contribution < -0.4 is 15.1 Å². The summed E-state index contributed by atoms with van der Waals surface area (Å²) < 4.78 is 5.15. The first-order valence-electron chi connectivity index (χ1n) is 8.00. The molecule has 0 saturated carbocycles. The van der Waals surface area contributed by atoms with Crippen LogP contribution in [-0.4, -0.2) is 30.7 Å². The van der Waals surface area contributed by atoms with Gasteiger partial charge in [0.25, 0.3) is 5.91 Å². The van der Waals surface area contributed by atoms with Crippen LogP contribution >= 0.6 is 11.8 Å². The number of hydrogen-bond acceptors (Lipinski definition) is 5. The molecule has 0 bridgehead atoms. The fourth-order valence-electron chi connectivity index (χ4n) is 2.60. The van der Waals surface area contributed by atoms with Crippen LogP contribution in [0.2, 0.25) is 0 Å². The Hall–Kier alpha value is -2.77. The van der Waals surface area contributed by atoms with Gasteiger partial charge in [-0.2, -0.15) is 0 Å². The Morgan fingerprint density at radius 1 is 1.23 bits per heavy atom. The molecule has 0 atom stereocenters. The monoisotopic (exact) mass is 370 g/mol. The third-order valence-electron chi connectivity index (χ3n) is 3.93. The number of thioether (sulfide) groups is 1. The molecule has 0 aliphatic carbocycles. The SMILES string of the molecule is COc1ccc(/C=C2\Sc3ccccc3N(CCC(=O)NO)C2=O)cc1. The first kappa shape index (κ1) is 18.0. The number of hydrogen-bond donors (Lipinski definition) is 2. The third-order valence-corrected chi connectivity index (χ3v) is 5.01. The molecule has 2 aromatic carbocycles. The summed E-state index contributed by atoms with van der Waals surface area (Å²) in [4.78, 5) is 27.4. The van der Waals surface area contributed by atoms with Gasteiger partial charge < -0.3 is 9.64 Å². The highest BCUT2D eigenvalue weighted by Crippen LogP contribution is 2.42. The van der Waals surface area contributed by atoms with Crippen LogP contribution in [0.3, 0.4) is 0 Å². The van der Waals surface area contributed by atoms with E-state index < -0.39 is 5.91 Å². The first-order valence-corrected chi connectivity index (χ1v) is 8.81. The summed E-state index contributed by atoms with van der Waals surface area (Å²) in [6, 6.07) is 15.0. The fraction of sp³-hybridized carbons (Fsp3) is 0.158. The number of ether oxygens (including phenoxy) is 1. The lowest BCUT2D eigenvalue weighted by atomic mass is 10.2. The molecule has 1 aliphatic heterocycles. The topological polar surface area (TPSA) is 78.9 Å². The first-order chi connectivity index (χ1) is 12.6. The highest BCUT2D eigenvalue weighted by atomic mass is 32.2. The molecule has 2 amide bonds. The largest absolute Gasteiger partial charge is 0.497 e. The van der Waals surface area contributed by atoms with Crippen molar-refractivity contribution in [2.24, 2.45) is 0 Å². The van der Waals surface area contributed by atoms with E-state index in [0.29, 0.717) is 4.91 Å². The van der Waals surface area contributed by atoms with Crippen molar-refractivity contribution < 1.29 is 19.5 Å².